The summed E-state index contributed by atoms with van der Waals surface area (Å²) in [6.07, 6.45) is -3.98. The molecule has 0 aliphatic heterocycles. The monoisotopic (exact) mass is 490 g/mol. The minimum atomic E-state index is -4.37. The van der Waals surface area contributed by atoms with Crippen molar-refractivity contribution in [2.75, 3.05) is 0 Å². The molecule has 0 radical (unpaired) electrons. The molecule has 0 atom stereocenters. The van der Waals surface area contributed by atoms with Gasteiger partial charge in [-0.1, -0.05) is 52.3 Å². The number of benzene rings is 3. The minimum Gasteiger partial charge on any atom is -0.207 e. The van der Waals surface area contributed by atoms with E-state index in [2.05, 4.69) is 31.3 Å². The molecule has 0 bridgehead atoms. The van der Waals surface area contributed by atoms with Gasteiger partial charge in [-0.25, -0.2) is 4.39 Å². The lowest BCUT2D eigenvalue weighted by Gasteiger charge is -2.10. The van der Waals surface area contributed by atoms with E-state index in [0.717, 1.165) is 27.7 Å². The number of aromatic nitrogens is 4. The molecule has 31 heavy (non-hydrogen) atoms. The fraction of sp³-hybridized carbons (Fsp3) is 0.136. The van der Waals surface area contributed by atoms with Gasteiger partial charge in [0.2, 0.25) is 5.82 Å². The Kier molecular flexibility index (Phi) is 5.86. The zero-order valence-corrected chi connectivity index (χ0v) is 17.5. The van der Waals surface area contributed by atoms with Crippen LogP contribution in [0.25, 0.3) is 11.4 Å². The average Bonchev–Trinajstić information content (AvgIpc) is 3.19. The normalized spacial score (nSPS) is 11.6. The Morgan fingerprint density at radius 2 is 1.65 bits per heavy atom. The third-order valence-electron chi connectivity index (χ3n) is 4.71. The summed E-state index contributed by atoms with van der Waals surface area (Å²) in [6.45, 7) is 0.127. The predicted octanol–water partition coefficient (Wildman–Crippen LogP) is 5.90. The number of alkyl halides is 3. The summed E-state index contributed by atoms with van der Waals surface area (Å²) in [6, 6.07) is 16.9. The largest absolute Gasteiger partial charge is 0.416 e. The molecule has 0 spiro atoms. The molecule has 158 valence electrons. The summed E-state index contributed by atoms with van der Waals surface area (Å²) in [5.41, 5.74) is 1.98. The molecule has 4 nitrogen and oxygen atoms in total. The van der Waals surface area contributed by atoms with E-state index in [1.54, 1.807) is 18.2 Å². The third-order valence-corrected chi connectivity index (χ3v) is 5.20. The van der Waals surface area contributed by atoms with Crippen LogP contribution in [0.2, 0.25) is 0 Å². The second-order valence-corrected chi connectivity index (χ2v) is 7.82. The van der Waals surface area contributed by atoms with E-state index in [-0.39, 0.29) is 12.4 Å². The molecule has 0 unspecified atom stereocenters. The van der Waals surface area contributed by atoms with Crippen molar-refractivity contribution in [1.82, 2.24) is 20.2 Å². The van der Waals surface area contributed by atoms with E-state index in [1.807, 2.05) is 18.2 Å². The second-order valence-electron chi connectivity index (χ2n) is 6.91. The number of hydrogen-bond donors (Lipinski definition) is 0. The first-order chi connectivity index (χ1) is 14.8. The van der Waals surface area contributed by atoms with Crippen molar-refractivity contribution >= 4 is 15.9 Å². The Bertz CT molecular complexity index is 1200. The quantitative estimate of drug-likeness (QED) is 0.327. The molecule has 1 heterocycles. The number of hydrogen-bond acceptors (Lipinski definition) is 3. The molecule has 3 aromatic carbocycles. The first-order valence-corrected chi connectivity index (χ1v) is 10.0. The Morgan fingerprint density at radius 3 is 2.35 bits per heavy atom. The van der Waals surface area contributed by atoms with E-state index < -0.39 is 11.7 Å². The van der Waals surface area contributed by atoms with Crippen molar-refractivity contribution in [2.45, 2.75) is 19.1 Å². The van der Waals surface area contributed by atoms with Crippen LogP contribution in [0.15, 0.2) is 71.2 Å². The standard InChI is InChI=1S/C22H15BrF4N4/c23-18-10-7-15(11-14-5-8-17(9-6-14)22(25,26)27)19(12-18)21-28-30-31(29-21)13-16-3-1-2-4-20(16)24/h1-10,12H,11,13H2. The van der Waals surface area contributed by atoms with Gasteiger partial charge in [0, 0.05) is 15.6 Å². The van der Waals surface area contributed by atoms with E-state index in [4.69, 9.17) is 0 Å². The van der Waals surface area contributed by atoms with Crippen LogP contribution in [0.5, 0.6) is 0 Å². The van der Waals surface area contributed by atoms with Crippen molar-refractivity contribution in [2.24, 2.45) is 0 Å². The Labute approximate surface area is 183 Å². The lowest BCUT2D eigenvalue weighted by atomic mass is 9.98. The summed E-state index contributed by atoms with van der Waals surface area (Å²) >= 11 is 3.42. The van der Waals surface area contributed by atoms with Crippen LogP contribution < -0.4 is 0 Å². The predicted molar refractivity (Wildman–Crippen MR) is 111 cm³/mol. The van der Waals surface area contributed by atoms with Gasteiger partial charge in [0.1, 0.15) is 5.82 Å². The third kappa shape index (κ3) is 4.99. The molecule has 0 fully saturated rings. The van der Waals surface area contributed by atoms with Crippen LogP contribution >= 0.6 is 15.9 Å². The summed E-state index contributed by atoms with van der Waals surface area (Å²) in [5.74, 6) is -0.00801. The maximum atomic E-state index is 13.9. The Hall–Kier alpha value is -3.07. The zero-order valence-electron chi connectivity index (χ0n) is 15.9. The van der Waals surface area contributed by atoms with E-state index in [0.29, 0.717) is 23.4 Å². The van der Waals surface area contributed by atoms with Crippen LogP contribution in [0.3, 0.4) is 0 Å². The van der Waals surface area contributed by atoms with E-state index in [1.165, 1.54) is 23.0 Å². The van der Waals surface area contributed by atoms with E-state index >= 15 is 0 Å². The molecule has 4 rings (SSSR count). The molecule has 0 aliphatic rings. The molecule has 0 saturated heterocycles. The average molecular weight is 491 g/mol. The highest BCUT2D eigenvalue weighted by Gasteiger charge is 2.30. The second kappa shape index (κ2) is 8.58. The van der Waals surface area contributed by atoms with E-state index in [9.17, 15) is 17.6 Å². The van der Waals surface area contributed by atoms with Crippen molar-refractivity contribution in [1.29, 1.82) is 0 Å². The maximum Gasteiger partial charge on any atom is 0.416 e. The molecule has 1 aromatic heterocycles. The van der Waals surface area contributed by atoms with Gasteiger partial charge in [-0.3, -0.25) is 0 Å². The molecule has 0 amide bonds. The summed E-state index contributed by atoms with van der Waals surface area (Å²) in [7, 11) is 0. The highest BCUT2D eigenvalue weighted by Crippen LogP contribution is 2.30. The number of rotatable bonds is 5. The minimum absolute atomic E-state index is 0.127. The Balaban J connectivity index is 1.60. The van der Waals surface area contributed by atoms with Crippen LogP contribution in [0, 0.1) is 5.82 Å². The highest BCUT2D eigenvalue weighted by molar-refractivity contribution is 9.10. The molecule has 9 heteroatoms. The fourth-order valence-corrected chi connectivity index (χ4v) is 3.50. The van der Waals surface area contributed by atoms with Crippen LogP contribution in [-0.2, 0) is 19.1 Å². The van der Waals surface area contributed by atoms with Gasteiger partial charge >= 0.3 is 6.18 Å². The van der Waals surface area contributed by atoms with Crippen LogP contribution in [0.4, 0.5) is 17.6 Å². The lowest BCUT2D eigenvalue weighted by molar-refractivity contribution is -0.137. The topological polar surface area (TPSA) is 43.6 Å². The molecule has 0 saturated carbocycles. The number of halogens is 5. The van der Waals surface area contributed by atoms with Crippen molar-refractivity contribution in [3.05, 3.63) is 99.3 Å². The summed E-state index contributed by atoms with van der Waals surface area (Å²) in [4.78, 5) is 1.30. The van der Waals surface area contributed by atoms with Gasteiger partial charge < -0.3 is 0 Å². The first kappa shape index (κ1) is 21.2. The fourth-order valence-electron chi connectivity index (χ4n) is 3.14. The number of nitrogens with zero attached hydrogens (tertiary/aromatic N) is 4. The van der Waals surface area contributed by atoms with Crippen molar-refractivity contribution < 1.29 is 17.6 Å². The maximum absolute atomic E-state index is 13.9. The molecule has 0 N–H and O–H groups in total. The Morgan fingerprint density at radius 1 is 0.903 bits per heavy atom. The van der Waals surface area contributed by atoms with Crippen molar-refractivity contribution in [3.63, 3.8) is 0 Å². The SMILES string of the molecule is Fc1ccccc1Cn1nnc(-c2cc(Br)ccc2Cc2ccc(C(F)(F)F)cc2)n1. The smallest absolute Gasteiger partial charge is 0.207 e. The van der Waals surface area contributed by atoms with Gasteiger partial charge in [-0.2, -0.15) is 18.0 Å². The molecule has 0 aliphatic carbocycles. The van der Waals surface area contributed by atoms with Crippen LogP contribution in [0.1, 0.15) is 22.3 Å². The number of tetrazole rings is 1. The van der Waals surface area contributed by atoms with Gasteiger partial charge in [-0.05, 0) is 53.1 Å². The molecular formula is C22H15BrF4N4. The first-order valence-electron chi connectivity index (χ1n) is 9.26. The van der Waals surface area contributed by atoms with Gasteiger partial charge in [-0.15, -0.1) is 10.2 Å². The van der Waals surface area contributed by atoms with Gasteiger partial charge in [0.05, 0.1) is 12.1 Å². The lowest BCUT2D eigenvalue weighted by Crippen LogP contribution is -2.06. The molecular weight excluding hydrogens is 476 g/mol. The van der Waals surface area contributed by atoms with Crippen LogP contribution in [-0.4, -0.2) is 20.2 Å². The zero-order chi connectivity index (χ0) is 22.0. The van der Waals surface area contributed by atoms with Gasteiger partial charge in [0.25, 0.3) is 0 Å². The summed E-state index contributed by atoms with van der Waals surface area (Å²) < 4.78 is 53.1. The van der Waals surface area contributed by atoms with Gasteiger partial charge in [0.15, 0.2) is 0 Å². The summed E-state index contributed by atoms with van der Waals surface area (Å²) in [5, 5.41) is 12.5. The van der Waals surface area contributed by atoms with Crippen molar-refractivity contribution in [3.8, 4) is 11.4 Å². The molecule has 4 aromatic rings. The highest BCUT2D eigenvalue weighted by atomic mass is 79.9.